The molecule has 0 fully saturated rings. The summed E-state index contributed by atoms with van der Waals surface area (Å²) in [6.45, 7) is 7.35. The Balaban J connectivity index is 2.30. The number of nitrogens with zero attached hydrogens (tertiary/aromatic N) is 2. The Morgan fingerprint density at radius 2 is 1.77 bits per heavy atom. The van der Waals surface area contributed by atoms with Crippen LogP contribution < -0.4 is 9.64 Å². The maximum Gasteiger partial charge on any atom is 0.138 e. The molecule has 0 atom stereocenters. The van der Waals surface area contributed by atoms with Gasteiger partial charge in [0, 0.05) is 38.4 Å². The van der Waals surface area contributed by atoms with E-state index in [4.69, 9.17) is 9.47 Å². The Labute approximate surface area is 157 Å². The molecule has 0 saturated carbocycles. The van der Waals surface area contributed by atoms with E-state index in [0.717, 1.165) is 23.2 Å². The van der Waals surface area contributed by atoms with Crippen molar-refractivity contribution in [3.63, 3.8) is 0 Å². The first-order valence-electron chi connectivity index (χ1n) is 8.95. The van der Waals surface area contributed by atoms with E-state index in [1.54, 1.807) is 0 Å². The van der Waals surface area contributed by atoms with Gasteiger partial charge in [0.05, 0.1) is 6.61 Å². The molecule has 26 heavy (non-hydrogen) atoms. The van der Waals surface area contributed by atoms with Crippen molar-refractivity contribution in [1.82, 2.24) is 0 Å². The van der Waals surface area contributed by atoms with Crippen LogP contribution in [0.4, 0.5) is 5.69 Å². The third kappa shape index (κ3) is 5.00. The Morgan fingerprint density at radius 1 is 1.08 bits per heavy atom. The third-order valence-electron chi connectivity index (χ3n) is 4.27. The van der Waals surface area contributed by atoms with E-state index in [1.165, 1.54) is 0 Å². The highest BCUT2D eigenvalue weighted by molar-refractivity contribution is 5.75. The van der Waals surface area contributed by atoms with Crippen molar-refractivity contribution in [3.05, 3.63) is 48.0 Å². The van der Waals surface area contributed by atoms with E-state index in [9.17, 15) is 5.26 Å². The molecule has 138 valence electrons. The van der Waals surface area contributed by atoms with Crippen molar-refractivity contribution in [1.29, 1.82) is 5.26 Å². The predicted octanol–water partition coefficient (Wildman–Crippen LogP) is 4.88. The van der Waals surface area contributed by atoms with Crippen LogP contribution in [0.15, 0.2) is 42.5 Å². The number of rotatable bonds is 8. The summed E-state index contributed by atoms with van der Waals surface area (Å²) in [5.74, 6) is 0.614. The van der Waals surface area contributed by atoms with Gasteiger partial charge in [-0.2, -0.15) is 5.26 Å². The van der Waals surface area contributed by atoms with Crippen LogP contribution in [0, 0.1) is 11.3 Å². The quantitative estimate of drug-likeness (QED) is 0.636. The van der Waals surface area contributed by atoms with Crippen molar-refractivity contribution in [2.75, 3.05) is 32.2 Å². The number of hydrogen-bond acceptors (Lipinski definition) is 4. The molecule has 0 aromatic heterocycles. The van der Waals surface area contributed by atoms with Crippen LogP contribution in [-0.2, 0) is 4.74 Å². The van der Waals surface area contributed by atoms with Gasteiger partial charge < -0.3 is 14.4 Å². The van der Waals surface area contributed by atoms with E-state index < -0.39 is 5.60 Å². The lowest BCUT2D eigenvalue weighted by Gasteiger charge is -2.27. The number of benzene rings is 2. The number of anilines is 1. The van der Waals surface area contributed by atoms with Gasteiger partial charge in [-0.05, 0) is 44.5 Å². The largest absolute Gasteiger partial charge is 0.486 e. The van der Waals surface area contributed by atoms with Crippen LogP contribution in [-0.4, -0.2) is 32.9 Å². The summed E-state index contributed by atoms with van der Waals surface area (Å²) in [6.07, 6.45) is 0.757. The second-order valence-electron chi connectivity index (χ2n) is 7.04. The molecule has 0 heterocycles. The fraction of sp³-hybridized carbons (Fsp3) is 0.409. The Kier molecular flexibility index (Phi) is 6.65. The third-order valence-corrected chi connectivity index (χ3v) is 4.27. The number of nitriles is 1. The van der Waals surface area contributed by atoms with E-state index in [0.29, 0.717) is 24.5 Å². The zero-order chi connectivity index (χ0) is 19.2. The van der Waals surface area contributed by atoms with Crippen LogP contribution in [0.25, 0.3) is 11.1 Å². The predicted molar refractivity (Wildman–Crippen MR) is 107 cm³/mol. The molecule has 0 unspecified atom stereocenters. The maximum absolute atomic E-state index is 9.75. The molecule has 4 nitrogen and oxygen atoms in total. The summed E-state index contributed by atoms with van der Waals surface area (Å²) in [4.78, 5) is 2.05. The highest BCUT2D eigenvalue weighted by Crippen LogP contribution is 2.33. The SMILES string of the molecule is CCOCCC(C)(C)Oc1cccc(-c2ccc(N(C)C)cc2)c1C#N. The first-order valence-corrected chi connectivity index (χ1v) is 8.95. The lowest BCUT2D eigenvalue weighted by Crippen LogP contribution is -2.30. The van der Waals surface area contributed by atoms with Gasteiger partial charge in [0.25, 0.3) is 0 Å². The molecule has 0 bridgehead atoms. The van der Waals surface area contributed by atoms with Crippen molar-refractivity contribution in [2.45, 2.75) is 32.8 Å². The number of ether oxygens (including phenoxy) is 2. The van der Waals surface area contributed by atoms with E-state index in [1.807, 2.05) is 65.2 Å². The molecular formula is C22H28N2O2. The molecule has 0 aliphatic rings. The Bertz CT molecular complexity index is 759. The molecule has 0 aliphatic carbocycles. The minimum atomic E-state index is -0.409. The van der Waals surface area contributed by atoms with Gasteiger partial charge in [0.2, 0.25) is 0 Å². The van der Waals surface area contributed by atoms with Crippen LogP contribution >= 0.6 is 0 Å². The summed E-state index contributed by atoms with van der Waals surface area (Å²) in [6, 6.07) is 16.3. The molecule has 2 aromatic rings. The van der Waals surface area contributed by atoms with Gasteiger partial charge in [-0.3, -0.25) is 0 Å². The fourth-order valence-corrected chi connectivity index (χ4v) is 2.72. The van der Waals surface area contributed by atoms with Gasteiger partial charge in [-0.1, -0.05) is 24.3 Å². The van der Waals surface area contributed by atoms with Gasteiger partial charge in [-0.15, -0.1) is 0 Å². The second kappa shape index (κ2) is 8.73. The zero-order valence-electron chi connectivity index (χ0n) is 16.4. The average molecular weight is 352 g/mol. The average Bonchev–Trinajstić information content (AvgIpc) is 2.61. The normalized spacial score (nSPS) is 11.1. The second-order valence-corrected chi connectivity index (χ2v) is 7.04. The van der Waals surface area contributed by atoms with Gasteiger partial charge in [0.15, 0.2) is 0 Å². The van der Waals surface area contributed by atoms with Crippen molar-refractivity contribution < 1.29 is 9.47 Å². The first-order chi connectivity index (χ1) is 12.4. The van der Waals surface area contributed by atoms with Gasteiger partial charge >= 0.3 is 0 Å². The Hall–Kier alpha value is -2.51. The molecule has 4 heteroatoms. The van der Waals surface area contributed by atoms with Crippen LogP contribution in [0.2, 0.25) is 0 Å². The lowest BCUT2D eigenvalue weighted by molar-refractivity contribution is 0.0504. The van der Waals surface area contributed by atoms with Crippen LogP contribution in [0.5, 0.6) is 5.75 Å². The summed E-state index contributed by atoms with van der Waals surface area (Å²) in [5, 5.41) is 9.75. The molecular weight excluding hydrogens is 324 g/mol. The molecule has 0 spiro atoms. The van der Waals surface area contributed by atoms with Gasteiger partial charge in [0.1, 0.15) is 23.0 Å². The minimum absolute atomic E-state index is 0.409. The zero-order valence-corrected chi connectivity index (χ0v) is 16.4. The molecule has 0 aliphatic heterocycles. The summed E-state index contributed by atoms with van der Waals surface area (Å²) in [5.41, 5.74) is 3.17. The van der Waals surface area contributed by atoms with Crippen LogP contribution in [0.3, 0.4) is 0 Å². The summed E-state index contributed by atoms with van der Waals surface area (Å²) in [7, 11) is 4.02. The van der Waals surface area contributed by atoms with E-state index in [2.05, 4.69) is 23.1 Å². The molecule has 0 radical (unpaired) electrons. The minimum Gasteiger partial charge on any atom is -0.486 e. The molecule has 0 saturated heterocycles. The van der Waals surface area contributed by atoms with E-state index >= 15 is 0 Å². The molecule has 0 N–H and O–H groups in total. The summed E-state index contributed by atoms with van der Waals surface area (Å²) >= 11 is 0. The van der Waals surface area contributed by atoms with Crippen molar-refractivity contribution in [3.8, 4) is 22.9 Å². The van der Waals surface area contributed by atoms with Crippen LogP contribution in [0.1, 0.15) is 32.8 Å². The summed E-state index contributed by atoms with van der Waals surface area (Å²) < 4.78 is 11.6. The standard InChI is InChI=1S/C22H28N2O2/c1-6-25-15-14-22(2,3)26-21-9-7-8-19(20(21)16-23)17-10-12-18(13-11-17)24(4)5/h7-13H,6,14-15H2,1-5H3. The smallest absolute Gasteiger partial charge is 0.138 e. The molecule has 0 amide bonds. The van der Waals surface area contributed by atoms with Crippen molar-refractivity contribution in [2.24, 2.45) is 0 Å². The van der Waals surface area contributed by atoms with Gasteiger partial charge in [-0.25, -0.2) is 0 Å². The highest BCUT2D eigenvalue weighted by Gasteiger charge is 2.22. The highest BCUT2D eigenvalue weighted by atomic mass is 16.5. The first kappa shape index (κ1) is 19.8. The number of hydrogen-bond donors (Lipinski definition) is 0. The maximum atomic E-state index is 9.75. The molecule has 2 aromatic carbocycles. The topological polar surface area (TPSA) is 45.5 Å². The fourth-order valence-electron chi connectivity index (χ4n) is 2.72. The molecule has 2 rings (SSSR count). The lowest BCUT2D eigenvalue weighted by atomic mass is 9.98. The monoisotopic (exact) mass is 352 g/mol. The Morgan fingerprint density at radius 3 is 2.35 bits per heavy atom. The van der Waals surface area contributed by atoms with E-state index in [-0.39, 0.29) is 0 Å². The van der Waals surface area contributed by atoms with Crippen molar-refractivity contribution >= 4 is 5.69 Å².